The highest BCUT2D eigenvalue weighted by atomic mass is 32.2. The van der Waals surface area contributed by atoms with Crippen LogP contribution in [0.3, 0.4) is 0 Å². The Kier molecular flexibility index (Phi) is 3.80. The quantitative estimate of drug-likeness (QED) is 0.754. The summed E-state index contributed by atoms with van der Waals surface area (Å²) >= 11 is 1.92. The Hall–Kier alpha value is -0.220. The molecule has 0 aromatic rings. The van der Waals surface area contributed by atoms with Crippen molar-refractivity contribution in [2.24, 2.45) is 5.92 Å². The van der Waals surface area contributed by atoms with Crippen molar-refractivity contribution in [1.82, 2.24) is 5.32 Å². The van der Waals surface area contributed by atoms with Crippen LogP contribution in [0, 0.1) is 5.92 Å². The zero-order valence-electron chi connectivity index (χ0n) is 10.1. The first-order valence-corrected chi connectivity index (χ1v) is 7.22. The number of ether oxygens (including phenoxy) is 1. The molecule has 0 bridgehead atoms. The van der Waals surface area contributed by atoms with Crippen LogP contribution in [-0.4, -0.2) is 29.2 Å². The van der Waals surface area contributed by atoms with Crippen LogP contribution in [-0.2, 0) is 9.53 Å². The Labute approximate surface area is 102 Å². The standard InChI is InChI=1S/C12H21NO2S/c1-3-15-11(14)10-8-16-12(13-10)6-4-9(2)5-7-12/h9-10,13H,3-8H2,1-2H3/t9?,10-,12?/m1/s1. The summed E-state index contributed by atoms with van der Waals surface area (Å²) in [5.74, 6) is 1.63. The fraction of sp³-hybridized carbons (Fsp3) is 0.917. The normalized spacial score (nSPS) is 38.9. The van der Waals surface area contributed by atoms with Crippen LogP contribution < -0.4 is 5.32 Å². The molecular formula is C12H21NO2S. The van der Waals surface area contributed by atoms with Gasteiger partial charge in [-0.2, -0.15) is 0 Å². The van der Waals surface area contributed by atoms with Gasteiger partial charge in [-0.05, 0) is 38.5 Å². The van der Waals surface area contributed by atoms with Gasteiger partial charge in [0.1, 0.15) is 6.04 Å². The van der Waals surface area contributed by atoms with E-state index in [1.54, 1.807) is 0 Å². The van der Waals surface area contributed by atoms with E-state index in [9.17, 15) is 4.79 Å². The SMILES string of the molecule is CCOC(=O)[C@H]1CSC2(CCC(C)CC2)N1. The van der Waals surface area contributed by atoms with Gasteiger partial charge < -0.3 is 4.74 Å². The number of thioether (sulfide) groups is 1. The summed E-state index contributed by atoms with van der Waals surface area (Å²) in [5, 5.41) is 3.50. The van der Waals surface area contributed by atoms with Crippen LogP contribution in [0.2, 0.25) is 0 Å². The number of hydrogen-bond acceptors (Lipinski definition) is 4. The minimum atomic E-state index is -0.0849. The number of carbonyl (C=O) groups excluding carboxylic acids is 1. The third-order valence-corrected chi connectivity index (χ3v) is 5.20. The first-order valence-electron chi connectivity index (χ1n) is 6.23. The summed E-state index contributed by atoms with van der Waals surface area (Å²) in [6.45, 7) is 4.65. The summed E-state index contributed by atoms with van der Waals surface area (Å²) in [7, 11) is 0. The second kappa shape index (κ2) is 4.96. The third kappa shape index (κ3) is 2.54. The predicted molar refractivity (Wildman–Crippen MR) is 66.4 cm³/mol. The van der Waals surface area contributed by atoms with Gasteiger partial charge in [0.25, 0.3) is 0 Å². The Bertz CT molecular complexity index is 262. The van der Waals surface area contributed by atoms with E-state index in [0.717, 1.165) is 11.7 Å². The topological polar surface area (TPSA) is 38.3 Å². The van der Waals surface area contributed by atoms with Crippen molar-refractivity contribution in [3.63, 3.8) is 0 Å². The lowest BCUT2D eigenvalue weighted by molar-refractivity contribution is -0.145. The number of esters is 1. The first-order chi connectivity index (χ1) is 7.65. The lowest BCUT2D eigenvalue weighted by atomic mass is 9.86. The van der Waals surface area contributed by atoms with Crippen molar-refractivity contribution in [1.29, 1.82) is 0 Å². The van der Waals surface area contributed by atoms with Gasteiger partial charge in [-0.15, -0.1) is 11.8 Å². The molecule has 0 radical (unpaired) electrons. The van der Waals surface area contributed by atoms with Gasteiger partial charge in [-0.3, -0.25) is 10.1 Å². The maximum Gasteiger partial charge on any atom is 0.324 e. The highest BCUT2D eigenvalue weighted by Crippen LogP contribution is 2.43. The van der Waals surface area contributed by atoms with Gasteiger partial charge in [-0.25, -0.2) is 0 Å². The van der Waals surface area contributed by atoms with E-state index in [1.165, 1.54) is 25.7 Å². The monoisotopic (exact) mass is 243 g/mol. The second-order valence-electron chi connectivity index (χ2n) is 4.94. The Morgan fingerprint density at radius 2 is 2.19 bits per heavy atom. The molecule has 92 valence electrons. The lowest BCUT2D eigenvalue weighted by Gasteiger charge is -2.35. The van der Waals surface area contributed by atoms with E-state index in [2.05, 4.69) is 12.2 Å². The number of nitrogens with one attached hydrogen (secondary N) is 1. The van der Waals surface area contributed by atoms with Crippen LogP contribution in [0.15, 0.2) is 0 Å². The zero-order valence-corrected chi connectivity index (χ0v) is 10.9. The van der Waals surface area contributed by atoms with Crippen molar-refractivity contribution < 1.29 is 9.53 Å². The predicted octanol–water partition coefficient (Wildman–Crippen LogP) is 2.16. The molecule has 3 nitrogen and oxygen atoms in total. The van der Waals surface area contributed by atoms with Crippen molar-refractivity contribution in [3.05, 3.63) is 0 Å². The smallest absolute Gasteiger partial charge is 0.324 e. The molecule has 0 aromatic carbocycles. The molecule has 2 rings (SSSR count). The fourth-order valence-electron chi connectivity index (χ4n) is 2.53. The van der Waals surface area contributed by atoms with E-state index in [1.807, 2.05) is 18.7 Å². The maximum atomic E-state index is 11.6. The molecule has 16 heavy (non-hydrogen) atoms. The summed E-state index contributed by atoms with van der Waals surface area (Å²) < 4.78 is 5.07. The molecule has 1 heterocycles. The molecule has 2 fully saturated rings. The third-order valence-electron chi connectivity index (χ3n) is 3.62. The molecule has 0 amide bonds. The molecule has 4 heteroatoms. The van der Waals surface area contributed by atoms with Gasteiger partial charge in [0.15, 0.2) is 0 Å². The molecule has 2 aliphatic rings. The molecule has 1 N–H and O–H groups in total. The molecule has 1 atom stereocenters. The van der Waals surface area contributed by atoms with Crippen LogP contribution >= 0.6 is 11.8 Å². The molecule has 1 aliphatic carbocycles. The maximum absolute atomic E-state index is 11.6. The fourth-order valence-corrected chi connectivity index (χ4v) is 3.99. The Morgan fingerprint density at radius 1 is 1.50 bits per heavy atom. The number of rotatable bonds is 2. The average molecular weight is 243 g/mol. The zero-order chi connectivity index (χ0) is 11.6. The highest BCUT2D eigenvalue weighted by molar-refractivity contribution is 8.00. The molecule has 0 aromatic heterocycles. The van der Waals surface area contributed by atoms with Crippen LogP contribution in [0.5, 0.6) is 0 Å². The molecule has 1 aliphatic heterocycles. The van der Waals surface area contributed by atoms with E-state index in [-0.39, 0.29) is 16.9 Å². The second-order valence-corrected chi connectivity index (χ2v) is 6.34. The van der Waals surface area contributed by atoms with E-state index >= 15 is 0 Å². The van der Waals surface area contributed by atoms with Crippen molar-refractivity contribution in [2.75, 3.05) is 12.4 Å². The van der Waals surface area contributed by atoms with Crippen LogP contribution in [0.4, 0.5) is 0 Å². The van der Waals surface area contributed by atoms with Crippen molar-refractivity contribution in [3.8, 4) is 0 Å². The molecule has 1 saturated heterocycles. The van der Waals surface area contributed by atoms with E-state index in [0.29, 0.717) is 6.61 Å². The average Bonchev–Trinajstić information content (AvgIpc) is 2.68. The van der Waals surface area contributed by atoms with E-state index < -0.39 is 0 Å². The molecule has 1 spiro atoms. The van der Waals surface area contributed by atoms with Crippen molar-refractivity contribution in [2.45, 2.75) is 50.4 Å². The lowest BCUT2D eigenvalue weighted by Crippen LogP contribution is -2.47. The van der Waals surface area contributed by atoms with Crippen LogP contribution in [0.25, 0.3) is 0 Å². The minimum absolute atomic E-state index is 0.0782. The summed E-state index contributed by atoms with van der Waals surface area (Å²) in [6.07, 6.45) is 4.93. The highest BCUT2D eigenvalue weighted by Gasteiger charge is 2.43. The first kappa shape index (κ1) is 12.2. The van der Waals surface area contributed by atoms with Gasteiger partial charge in [0.2, 0.25) is 0 Å². The Balaban J connectivity index is 1.89. The Morgan fingerprint density at radius 3 is 2.81 bits per heavy atom. The van der Waals surface area contributed by atoms with Gasteiger partial charge in [-0.1, -0.05) is 6.92 Å². The van der Waals surface area contributed by atoms with Gasteiger partial charge in [0, 0.05) is 5.75 Å². The molecule has 1 saturated carbocycles. The summed E-state index contributed by atoms with van der Waals surface area (Å²) in [6, 6.07) is -0.0849. The molecular weight excluding hydrogens is 222 g/mol. The van der Waals surface area contributed by atoms with Gasteiger partial charge >= 0.3 is 5.97 Å². The van der Waals surface area contributed by atoms with Crippen LogP contribution in [0.1, 0.15) is 39.5 Å². The number of carbonyl (C=O) groups is 1. The van der Waals surface area contributed by atoms with Gasteiger partial charge in [0.05, 0.1) is 11.5 Å². The number of hydrogen-bond donors (Lipinski definition) is 1. The van der Waals surface area contributed by atoms with Crippen molar-refractivity contribution >= 4 is 17.7 Å². The molecule has 0 unspecified atom stereocenters. The van der Waals surface area contributed by atoms with E-state index in [4.69, 9.17) is 4.74 Å². The largest absolute Gasteiger partial charge is 0.465 e. The summed E-state index contributed by atoms with van der Waals surface area (Å²) in [5.41, 5.74) is 0. The summed E-state index contributed by atoms with van der Waals surface area (Å²) in [4.78, 5) is 11.8. The minimum Gasteiger partial charge on any atom is -0.465 e.